The lowest BCUT2D eigenvalue weighted by molar-refractivity contribution is 0.0699. The number of para-hydroxylation sites is 1. The maximum atomic E-state index is 11.5. The summed E-state index contributed by atoms with van der Waals surface area (Å²) in [5.41, 5.74) is 4.37. The normalized spacial score (nSPS) is 11.5. The molecule has 0 spiro atoms. The number of benzene rings is 2. The number of imidazole rings is 1. The zero-order valence-corrected chi connectivity index (χ0v) is 12.6. The van der Waals surface area contributed by atoms with E-state index in [0.717, 1.165) is 16.6 Å². The molecule has 4 aromatic rings. The van der Waals surface area contributed by atoms with Gasteiger partial charge in [-0.15, -0.1) is 0 Å². The number of aromatic carboxylic acids is 1. The van der Waals surface area contributed by atoms with Crippen molar-refractivity contribution in [2.24, 2.45) is 0 Å². The monoisotopic (exact) mass is 315 g/mol. The summed E-state index contributed by atoms with van der Waals surface area (Å²) in [5, 5.41) is 10.1. The first-order chi connectivity index (χ1) is 11.7. The second-order valence-electron chi connectivity index (χ2n) is 5.43. The Bertz CT molecular complexity index is 1100. The van der Waals surface area contributed by atoms with E-state index in [1.165, 1.54) is 0 Å². The van der Waals surface area contributed by atoms with Crippen LogP contribution >= 0.6 is 0 Å². The first-order valence-corrected chi connectivity index (χ1v) is 7.45. The summed E-state index contributed by atoms with van der Waals surface area (Å²) in [4.78, 5) is 23.3. The number of H-pyrrole nitrogens is 1. The average Bonchev–Trinajstić information content (AvgIpc) is 3.06. The van der Waals surface area contributed by atoms with Gasteiger partial charge in [0.25, 0.3) is 0 Å². The number of nitrogens with one attached hydrogen (secondary N) is 1. The van der Waals surface area contributed by atoms with E-state index in [0.29, 0.717) is 16.6 Å². The molecule has 0 amide bonds. The quantitative estimate of drug-likeness (QED) is 0.599. The van der Waals surface area contributed by atoms with E-state index >= 15 is 0 Å². The molecule has 0 fully saturated rings. The number of rotatable bonds is 3. The van der Waals surface area contributed by atoms with Crippen LogP contribution in [0, 0.1) is 0 Å². The molecule has 4 rings (SSSR count). The lowest BCUT2D eigenvalue weighted by Crippen LogP contribution is -2.00. The highest BCUT2D eigenvalue weighted by molar-refractivity contribution is 6.03. The highest BCUT2D eigenvalue weighted by atomic mass is 16.4. The van der Waals surface area contributed by atoms with Crippen molar-refractivity contribution >= 4 is 40.1 Å². The van der Waals surface area contributed by atoms with Crippen LogP contribution in [0.25, 0.3) is 34.1 Å². The molecule has 0 saturated heterocycles. The van der Waals surface area contributed by atoms with Gasteiger partial charge >= 0.3 is 5.97 Å². The highest BCUT2D eigenvalue weighted by Crippen LogP contribution is 2.20. The summed E-state index contributed by atoms with van der Waals surface area (Å²) >= 11 is 0. The lowest BCUT2D eigenvalue weighted by atomic mass is 10.1. The van der Waals surface area contributed by atoms with Gasteiger partial charge in [-0.3, -0.25) is 0 Å². The van der Waals surface area contributed by atoms with Gasteiger partial charge in [0, 0.05) is 5.39 Å². The Morgan fingerprint density at radius 1 is 1.04 bits per heavy atom. The third-order valence-corrected chi connectivity index (χ3v) is 3.86. The molecule has 5 nitrogen and oxygen atoms in total. The van der Waals surface area contributed by atoms with Gasteiger partial charge in [-0.25, -0.2) is 14.8 Å². The standard InChI is InChI=1S/C19H13N3O2/c23-19(24)15-10-13(22-16-4-2-1-3-14(15)16)7-5-12-6-8-17-18(9-12)21-11-20-17/h1-11H,(H,20,21)(H,23,24)/b7-5+. The second kappa shape index (κ2) is 5.62. The van der Waals surface area contributed by atoms with Gasteiger partial charge in [0.2, 0.25) is 0 Å². The first-order valence-electron chi connectivity index (χ1n) is 7.45. The fourth-order valence-electron chi connectivity index (χ4n) is 2.70. The van der Waals surface area contributed by atoms with Crippen LogP contribution in [0.5, 0.6) is 0 Å². The summed E-state index contributed by atoms with van der Waals surface area (Å²) in [6.07, 6.45) is 5.38. The highest BCUT2D eigenvalue weighted by Gasteiger charge is 2.10. The number of carboxylic acids is 1. The molecule has 0 bridgehead atoms. The summed E-state index contributed by atoms with van der Waals surface area (Å²) in [6.45, 7) is 0. The maximum Gasteiger partial charge on any atom is 0.336 e. The topological polar surface area (TPSA) is 78.9 Å². The van der Waals surface area contributed by atoms with E-state index in [4.69, 9.17) is 0 Å². The Hall–Kier alpha value is -3.47. The third kappa shape index (κ3) is 2.52. The number of carbonyl (C=O) groups is 1. The predicted molar refractivity (Wildman–Crippen MR) is 93.7 cm³/mol. The van der Waals surface area contributed by atoms with E-state index in [1.54, 1.807) is 18.5 Å². The lowest BCUT2D eigenvalue weighted by Gasteiger charge is -2.04. The molecule has 116 valence electrons. The number of pyridine rings is 1. The fraction of sp³-hybridized carbons (Fsp3) is 0. The number of fused-ring (bicyclic) bond motifs is 2. The van der Waals surface area contributed by atoms with Gasteiger partial charge < -0.3 is 10.1 Å². The van der Waals surface area contributed by atoms with Crippen molar-refractivity contribution in [1.82, 2.24) is 15.0 Å². The summed E-state index contributed by atoms with van der Waals surface area (Å²) in [5.74, 6) is -0.956. The fourth-order valence-corrected chi connectivity index (χ4v) is 2.70. The number of hydrogen-bond acceptors (Lipinski definition) is 3. The van der Waals surface area contributed by atoms with Crippen molar-refractivity contribution in [1.29, 1.82) is 0 Å². The summed E-state index contributed by atoms with van der Waals surface area (Å²) in [7, 11) is 0. The van der Waals surface area contributed by atoms with Crippen LogP contribution < -0.4 is 0 Å². The number of aromatic nitrogens is 3. The van der Waals surface area contributed by atoms with Crippen LogP contribution in [0.3, 0.4) is 0 Å². The molecule has 0 aliphatic heterocycles. The van der Waals surface area contributed by atoms with Crippen LogP contribution in [0.1, 0.15) is 21.6 Å². The van der Waals surface area contributed by atoms with E-state index in [1.807, 2.05) is 48.6 Å². The van der Waals surface area contributed by atoms with Gasteiger partial charge in [-0.1, -0.05) is 30.3 Å². The molecule has 0 atom stereocenters. The van der Waals surface area contributed by atoms with Crippen LogP contribution in [-0.2, 0) is 0 Å². The Labute approximate surface area is 137 Å². The average molecular weight is 315 g/mol. The minimum atomic E-state index is -0.956. The van der Waals surface area contributed by atoms with E-state index < -0.39 is 5.97 Å². The number of hydrogen-bond donors (Lipinski definition) is 2. The Kier molecular flexibility index (Phi) is 3.31. The molecular weight excluding hydrogens is 302 g/mol. The van der Waals surface area contributed by atoms with Crippen molar-refractivity contribution in [3.8, 4) is 0 Å². The molecule has 2 heterocycles. The largest absolute Gasteiger partial charge is 0.478 e. The van der Waals surface area contributed by atoms with Crippen LogP contribution in [0.4, 0.5) is 0 Å². The van der Waals surface area contributed by atoms with Crippen molar-refractivity contribution in [2.45, 2.75) is 0 Å². The molecule has 5 heteroatoms. The molecule has 0 aliphatic rings. The minimum absolute atomic E-state index is 0.254. The molecule has 24 heavy (non-hydrogen) atoms. The third-order valence-electron chi connectivity index (χ3n) is 3.86. The number of carboxylic acid groups (broad SMARTS) is 1. The Morgan fingerprint density at radius 2 is 1.92 bits per heavy atom. The number of nitrogens with zero attached hydrogens (tertiary/aromatic N) is 2. The maximum absolute atomic E-state index is 11.5. The molecule has 0 unspecified atom stereocenters. The van der Waals surface area contributed by atoms with Gasteiger partial charge in [-0.2, -0.15) is 0 Å². The first kappa shape index (κ1) is 14.1. The summed E-state index contributed by atoms with van der Waals surface area (Å²) in [6, 6.07) is 14.7. The molecule has 0 saturated carbocycles. The Balaban J connectivity index is 1.77. The molecule has 2 aromatic carbocycles. The zero-order chi connectivity index (χ0) is 16.5. The van der Waals surface area contributed by atoms with Crippen molar-refractivity contribution < 1.29 is 9.90 Å². The molecule has 2 aromatic heterocycles. The van der Waals surface area contributed by atoms with E-state index in [-0.39, 0.29) is 5.56 Å². The number of aromatic amines is 1. The molecule has 0 aliphatic carbocycles. The van der Waals surface area contributed by atoms with Crippen molar-refractivity contribution in [3.05, 3.63) is 71.7 Å². The van der Waals surface area contributed by atoms with Gasteiger partial charge in [0.05, 0.1) is 34.1 Å². The van der Waals surface area contributed by atoms with Crippen LogP contribution in [0.15, 0.2) is 54.9 Å². The second-order valence-corrected chi connectivity index (χ2v) is 5.43. The van der Waals surface area contributed by atoms with Crippen molar-refractivity contribution in [3.63, 3.8) is 0 Å². The van der Waals surface area contributed by atoms with Gasteiger partial charge in [-0.05, 0) is 35.9 Å². The van der Waals surface area contributed by atoms with Crippen LogP contribution in [0.2, 0.25) is 0 Å². The van der Waals surface area contributed by atoms with Gasteiger partial charge in [0.1, 0.15) is 0 Å². The predicted octanol–water partition coefficient (Wildman–Crippen LogP) is 3.98. The molecular formula is C19H13N3O2. The molecule has 2 N–H and O–H groups in total. The zero-order valence-electron chi connectivity index (χ0n) is 12.6. The molecule has 0 radical (unpaired) electrons. The van der Waals surface area contributed by atoms with E-state index in [2.05, 4.69) is 15.0 Å². The minimum Gasteiger partial charge on any atom is -0.478 e. The Morgan fingerprint density at radius 3 is 2.79 bits per heavy atom. The SMILES string of the molecule is O=C(O)c1cc(/C=C/c2ccc3nc[nH]c3c2)nc2ccccc12. The smallest absolute Gasteiger partial charge is 0.336 e. The van der Waals surface area contributed by atoms with Gasteiger partial charge in [0.15, 0.2) is 0 Å². The summed E-state index contributed by atoms with van der Waals surface area (Å²) < 4.78 is 0. The van der Waals surface area contributed by atoms with Crippen LogP contribution in [-0.4, -0.2) is 26.0 Å². The van der Waals surface area contributed by atoms with Crippen molar-refractivity contribution in [2.75, 3.05) is 0 Å². The van der Waals surface area contributed by atoms with E-state index in [9.17, 15) is 9.90 Å².